The van der Waals surface area contributed by atoms with Gasteiger partial charge in [-0.1, -0.05) is 23.7 Å². The highest BCUT2D eigenvalue weighted by Gasteiger charge is 2.28. The smallest absolute Gasteiger partial charge is 0.241 e. The summed E-state index contributed by atoms with van der Waals surface area (Å²) in [6.07, 6.45) is 0.872. The third kappa shape index (κ3) is 4.76. The Morgan fingerprint density at radius 2 is 1.89 bits per heavy atom. The van der Waals surface area contributed by atoms with E-state index in [0.717, 1.165) is 18.5 Å². The van der Waals surface area contributed by atoms with Crippen LogP contribution in [-0.4, -0.2) is 28.1 Å². The van der Waals surface area contributed by atoms with E-state index >= 15 is 0 Å². The molecule has 1 fully saturated rings. The van der Waals surface area contributed by atoms with Crippen molar-refractivity contribution in [2.45, 2.75) is 17.2 Å². The zero-order chi connectivity index (χ0) is 19.6. The summed E-state index contributed by atoms with van der Waals surface area (Å²) in [6, 6.07) is 8.78. The molecular weight excluding hydrogens is 398 g/mol. The van der Waals surface area contributed by atoms with Gasteiger partial charge in [0.1, 0.15) is 10.7 Å². The fourth-order valence-corrected chi connectivity index (χ4v) is 4.01. The summed E-state index contributed by atoms with van der Waals surface area (Å²) in [7, 11) is -4.35. The fourth-order valence-electron chi connectivity index (χ4n) is 3.28. The molecule has 0 bridgehead atoms. The third-order valence-electron chi connectivity index (χ3n) is 4.65. The van der Waals surface area contributed by atoms with E-state index in [0.29, 0.717) is 23.7 Å². The lowest BCUT2D eigenvalue weighted by Crippen LogP contribution is -2.38. The van der Waals surface area contributed by atoms with E-state index in [9.17, 15) is 17.2 Å². The van der Waals surface area contributed by atoms with Crippen molar-refractivity contribution in [2.24, 2.45) is 11.1 Å². The lowest BCUT2D eigenvalue weighted by Gasteiger charge is -2.32. The van der Waals surface area contributed by atoms with Crippen molar-refractivity contribution in [3.8, 4) is 5.75 Å². The molecule has 1 aliphatic rings. The first-order valence-corrected chi connectivity index (χ1v) is 10.3. The summed E-state index contributed by atoms with van der Waals surface area (Å²) < 4.78 is 56.1. The van der Waals surface area contributed by atoms with Crippen LogP contribution in [0.3, 0.4) is 0 Å². The lowest BCUT2D eigenvalue weighted by atomic mass is 9.81. The molecule has 1 aliphatic heterocycles. The monoisotopic (exact) mass is 416 g/mol. The number of sulfonamides is 1. The van der Waals surface area contributed by atoms with E-state index in [2.05, 4.69) is 5.32 Å². The predicted molar refractivity (Wildman–Crippen MR) is 98.4 cm³/mol. The molecule has 1 saturated heterocycles. The van der Waals surface area contributed by atoms with Crippen LogP contribution in [0.25, 0.3) is 0 Å². The molecule has 0 spiro atoms. The van der Waals surface area contributed by atoms with E-state index < -0.39 is 26.6 Å². The molecule has 3 rings (SSSR count). The standard InChI is InChI=1S/C18H19ClF2N2O3S/c19-13-3-1-11(2-4-13)14-5-6-23-9-12(14)10-26-17-7-16(21)18(8-15(17)20)27(22,24)25/h1-4,7-8,12,14,23H,5-6,9-10H2,(H2,22,24,25). The van der Waals surface area contributed by atoms with Gasteiger partial charge in [-0.15, -0.1) is 0 Å². The van der Waals surface area contributed by atoms with Crippen LogP contribution < -0.4 is 15.2 Å². The molecular formula is C18H19ClF2N2O3S. The summed E-state index contributed by atoms with van der Waals surface area (Å²) in [5, 5.41) is 8.78. The Hall–Kier alpha value is -1.74. The SMILES string of the molecule is NS(=O)(=O)c1cc(F)c(OCC2CNCCC2c2ccc(Cl)cc2)cc1F. The van der Waals surface area contributed by atoms with Gasteiger partial charge in [0.2, 0.25) is 10.0 Å². The molecule has 27 heavy (non-hydrogen) atoms. The van der Waals surface area contributed by atoms with Gasteiger partial charge in [0.15, 0.2) is 11.6 Å². The normalized spacial score (nSPS) is 20.4. The molecule has 0 saturated carbocycles. The minimum absolute atomic E-state index is 0.0281. The summed E-state index contributed by atoms with van der Waals surface area (Å²) in [4.78, 5) is -0.897. The zero-order valence-electron chi connectivity index (χ0n) is 14.3. The second kappa shape index (κ2) is 8.10. The zero-order valence-corrected chi connectivity index (χ0v) is 15.9. The third-order valence-corrected chi connectivity index (χ3v) is 5.83. The van der Waals surface area contributed by atoms with E-state index in [1.165, 1.54) is 0 Å². The lowest BCUT2D eigenvalue weighted by molar-refractivity contribution is 0.190. The van der Waals surface area contributed by atoms with Crippen molar-refractivity contribution < 1.29 is 21.9 Å². The van der Waals surface area contributed by atoms with Gasteiger partial charge in [0.25, 0.3) is 0 Å². The van der Waals surface area contributed by atoms with Crippen molar-refractivity contribution in [3.05, 3.63) is 58.6 Å². The van der Waals surface area contributed by atoms with Crippen LogP contribution in [0.15, 0.2) is 41.3 Å². The van der Waals surface area contributed by atoms with E-state index in [-0.39, 0.29) is 24.2 Å². The van der Waals surface area contributed by atoms with Gasteiger partial charge in [0.05, 0.1) is 6.61 Å². The Morgan fingerprint density at radius 1 is 1.19 bits per heavy atom. The average Bonchev–Trinajstić information content (AvgIpc) is 2.62. The number of ether oxygens (including phenoxy) is 1. The van der Waals surface area contributed by atoms with Crippen molar-refractivity contribution in [3.63, 3.8) is 0 Å². The van der Waals surface area contributed by atoms with Crippen molar-refractivity contribution in [1.82, 2.24) is 5.32 Å². The maximum absolute atomic E-state index is 14.1. The van der Waals surface area contributed by atoms with Crippen LogP contribution >= 0.6 is 11.6 Å². The summed E-state index contributed by atoms with van der Waals surface area (Å²) >= 11 is 5.94. The average molecular weight is 417 g/mol. The highest BCUT2D eigenvalue weighted by atomic mass is 35.5. The Labute approximate surface area is 161 Å². The fraction of sp³-hybridized carbons (Fsp3) is 0.333. The van der Waals surface area contributed by atoms with Crippen molar-refractivity contribution >= 4 is 21.6 Å². The molecule has 0 radical (unpaired) electrons. The topological polar surface area (TPSA) is 81.4 Å². The van der Waals surface area contributed by atoms with Crippen LogP contribution in [0.5, 0.6) is 5.75 Å². The van der Waals surface area contributed by atoms with E-state index in [4.69, 9.17) is 21.5 Å². The highest BCUT2D eigenvalue weighted by molar-refractivity contribution is 7.89. The first kappa shape index (κ1) is 20.0. The Balaban J connectivity index is 1.76. The molecule has 146 valence electrons. The number of benzene rings is 2. The summed E-state index contributed by atoms with van der Waals surface area (Å²) in [6.45, 7) is 1.65. The Bertz CT molecular complexity index is 923. The van der Waals surface area contributed by atoms with Gasteiger partial charge in [-0.25, -0.2) is 22.3 Å². The van der Waals surface area contributed by atoms with Crippen molar-refractivity contribution in [2.75, 3.05) is 19.7 Å². The van der Waals surface area contributed by atoms with E-state index in [1.54, 1.807) is 0 Å². The number of rotatable bonds is 5. The number of nitrogens with two attached hydrogens (primary N) is 1. The van der Waals surface area contributed by atoms with Gasteiger partial charge in [-0.3, -0.25) is 0 Å². The van der Waals surface area contributed by atoms with Crippen LogP contribution in [0.1, 0.15) is 17.9 Å². The predicted octanol–water partition coefficient (Wildman–Crippen LogP) is 3.04. The molecule has 3 N–H and O–H groups in total. The minimum atomic E-state index is -4.35. The molecule has 2 atom stereocenters. The molecule has 0 aliphatic carbocycles. The summed E-state index contributed by atoms with van der Waals surface area (Å²) in [5.74, 6) is -2.27. The molecule has 2 aromatic rings. The molecule has 2 aromatic carbocycles. The van der Waals surface area contributed by atoms with Gasteiger partial charge in [-0.2, -0.15) is 0 Å². The first-order valence-electron chi connectivity index (χ1n) is 8.36. The van der Waals surface area contributed by atoms with Crippen molar-refractivity contribution in [1.29, 1.82) is 0 Å². The largest absolute Gasteiger partial charge is 0.490 e. The molecule has 1 heterocycles. The highest BCUT2D eigenvalue weighted by Crippen LogP contribution is 2.32. The van der Waals surface area contributed by atoms with Gasteiger partial charge in [-0.05, 0) is 36.6 Å². The van der Waals surface area contributed by atoms with Crippen LogP contribution in [0.4, 0.5) is 8.78 Å². The number of primary sulfonamides is 1. The number of hydrogen-bond acceptors (Lipinski definition) is 4. The second-order valence-electron chi connectivity index (χ2n) is 6.48. The number of hydrogen-bond donors (Lipinski definition) is 2. The first-order chi connectivity index (χ1) is 12.8. The molecule has 9 heteroatoms. The molecule has 0 amide bonds. The number of halogens is 3. The number of nitrogens with one attached hydrogen (secondary N) is 1. The quantitative estimate of drug-likeness (QED) is 0.785. The van der Waals surface area contributed by atoms with Crippen LogP contribution in [0, 0.1) is 17.6 Å². The maximum Gasteiger partial charge on any atom is 0.241 e. The van der Waals surface area contributed by atoms with Crippen LogP contribution in [0.2, 0.25) is 5.02 Å². The Morgan fingerprint density at radius 3 is 2.56 bits per heavy atom. The number of piperidine rings is 1. The summed E-state index contributed by atoms with van der Waals surface area (Å²) in [5.41, 5.74) is 1.10. The molecule has 2 unspecified atom stereocenters. The van der Waals surface area contributed by atoms with Gasteiger partial charge >= 0.3 is 0 Å². The maximum atomic E-state index is 14.1. The second-order valence-corrected chi connectivity index (χ2v) is 8.45. The minimum Gasteiger partial charge on any atom is -0.490 e. The Kier molecular flexibility index (Phi) is 6.00. The molecule has 5 nitrogen and oxygen atoms in total. The van der Waals surface area contributed by atoms with E-state index in [1.807, 2.05) is 24.3 Å². The van der Waals surface area contributed by atoms with Gasteiger partial charge < -0.3 is 10.1 Å². The van der Waals surface area contributed by atoms with Crippen LogP contribution in [-0.2, 0) is 10.0 Å². The molecule has 0 aromatic heterocycles. The van der Waals surface area contributed by atoms with Gasteiger partial charge in [0, 0.05) is 29.6 Å².